The lowest BCUT2D eigenvalue weighted by Gasteiger charge is -2.04. The van der Waals surface area contributed by atoms with Crippen LogP contribution in [0, 0.1) is 0 Å². The SMILES string of the molecule is Clc1ccc(-c2c3nc(cc4ccc(cc5nc(cc6ccc2[nH]6)C=C5)[nH]4)C=C3)cc1. The summed E-state index contributed by atoms with van der Waals surface area (Å²) in [5.74, 6) is 0. The third kappa shape index (κ3) is 3.47. The maximum atomic E-state index is 6.14. The van der Waals surface area contributed by atoms with E-state index >= 15 is 0 Å². The number of nitrogens with zero attached hydrogens (tertiary/aromatic N) is 2. The Balaban J connectivity index is 1.71. The van der Waals surface area contributed by atoms with Gasteiger partial charge in [0.2, 0.25) is 0 Å². The van der Waals surface area contributed by atoms with Crippen molar-refractivity contribution in [3.05, 3.63) is 94.5 Å². The number of hydrogen-bond donors (Lipinski definition) is 2. The molecule has 2 aliphatic heterocycles. The summed E-state index contributed by atoms with van der Waals surface area (Å²) in [6.07, 6.45) is 8.13. The van der Waals surface area contributed by atoms with Gasteiger partial charge in [-0.05, 0) is 84.5 Å². The highest BCUT2D eigenvalue weighted by Gasteiger charge is 2.11. The molecule has 0 amide bonds. The Morgan fingerprint density at radius 1 is 0.581 bits per heavy atom. The van der Waals surface area contributed by atoms with Crippen LogP contribution >= 0.6 is 11.6 Å². The Morgan fingerprint density at radius 2 is 1.16 bits per heavy atom. The van der Waals surface area contributed by atoms with Crippen LogP contribution in [-0.4, -0.2) is 19.9 Å². The number of halogens is 1. The number of nitrogens with one attached hydrogen (secondary N) is 2. The van der Waals surface area contributed by atoms with E-state index in [-0.39, 0.29) is 0 Å². The molecule has 148 valence electrons. The first-order valence-electron chi connectivity index (χ1n) is 10.0. The Labute approximate surface area is 183 Å². The topological polar surface area (TPSA) is 57.4 Å². The van der Waals surface area contributed by atoms with E-state index in [1.165, 1.54) is 0 Å². The third-order valence-electron chi connectivity index (χ3n) is 5.35. The van der Waals surface area contributed by atoms with Crippen molar-refractivity contribution in [3.8, 4) is 11.1 Å². The van der Waals surface area contributed by atoms with Crippen molar-refractivity contribution in [2.75, 3.05) is 0 Å². The molecule has 0 atom stereocenters. The van der Waals surface area contributed by atoms with Crippen LogP contribution in [0.25, 0.3) is 57.5 Å². The Morgan fingerprint density at radius 3 is 1.87 bits per heavy atom. The standard InChI is InChI=1S/C26H17ClN4/c27-17-3-1-16(2-4-17)26-24-11-9-22(30-24)14-20-7-5-18(28-20)13-19-6-8-21(29-19)15-23-10-12-25(26)31-23/h1-15,28,31H. The van der Waals surface area contributed by atoms with E-state index in [1.54, 1.807) is 0 Å². The Kier molecular flexibility index (Phi) is 4.11. The second kappa shape index (κ2) is 7.11. The normalized spacial score (nSPS) is 12.4. The van der Waals surface area contributed by atoms with Crippen LogP contribution in [0.4, 0.5) is 0 Å². The first-order valence-corrected chi connectivity index (χ1v) is 10.4. The van der Waals surface area contributed by atoms with E-state index in [2.05, 4.69) is 34.2 Å². The summed E-state index contributed by atoms with van der Waals surface area (Å²) in [6, 6.07) is 22.2. The second-order valence-electron chi connectivity index (χ2n) is 7.56. The van der Waals surface area contributed by atoms with Gasteiger partial charge in [-0.2, -0.15) is 0 Å². The molecular weight excluding hydrogens is 404 g/mol. The highest BCUT2D eigenvalue weighted by atomic mass is 35.5. The molecule has 5 heterocycles. The lowest BCUT2D eigenvalue weighted by Crippen LogP contribution is -1.85. The number of hydrogen-bond acceptors (Lipinski definition) is 2. The molecule has 1 aromatic carbocycles. The van der Waals surface area contributed by atoms with E-state index in [0.29, 0.717) is 5.02 Å². The molecule has 0 saturated carbocycles. The molecule has 4 aromatic rings. The molecule has 2 aliphatic rings. The summed E-state index contributed by atoms with van der Waals surface area (Å²) < 4.78 is 0. The molecule has 8 bridgehead atoms. The average Bonchev–Trinajstić information content (AvgIpc) is 3.55. The molecule has 6 rings (SSSR count). The van der Waals surface area contributed by atoms with Crippen molar-refractivity contribution in [3.63, 3.8) is 0 Å². The largest absolute Gasteiger partial charge is 0.355 e. The number of fused-ring (bicyclic) bond motifs is 8. The molecular formula is C26H17ClN4. The van der Waals surface area contributed by atoms with Crippen LogP contribution in [0.1, 0.15) is 22.8 Å². The predicted molar refractivity (Wildman–Crippen MR) is 129 cm³/mol. The van der Waals surface area contributed by atoms with Gasteiger partial charge in [0.15, 0.2) is 0 Å². The zero-order valence-electron chi connectivity index (χ0n) is 16.4. The molecule has 0 fully saturated rings. The van der Waals surface area contributed by atoms with Crippen molar-refractivity contribution in [1.82, 2.24) is 19.9 Å². The van der Waals surface area contributed by atoms with Crippen molar-refractivity contribution in [1.29, 1.82) is 0 Å². The van der Waals surface area contributed by atoms with Gasteiger partial charge in [0.25, 0.3) is 0 Å². The summed E-state index contributed by atoms with van der Waals surface area (Å²) in [4.78, 5) is 16.5. The Bertz CT molecular complexity index is 1540. The maximum absolute atomic E-state index is 6.14. The summed E-state index contributed by atoms with van der Waals surface area (Å²) in [7, 11) is 0. The van der Waals surface area contributed by atoms with Crippen molar-refractivity contribution < 1.29 is 0 Å². The fraction of sp³-hybridized carbons (Fsp3) is 0. The van der Waals surface area contributed by atoms with Crippen LogP contribution in [0.5, 0.6) is 0 Å². The Hall–Kier alpha value is -3.89. The van der Waals surface area contributed by atoms with Gasteiger partial charge < -0.3 is 9.97 Å². The maximum Gasteiger partial charge on any atom is 0.0736 e. The summed E-state index contributed by atoms with van der Waals surface area (Å²) in [5, 5.41) is 0.708. The number of rotatable bonds is 1. The van der Waals surface area contributed by atoms with E-state index in [4.69, 9.17) is 21.6 Å². The smallest absolute Gasteiger partial charge is 0.0736 e. The highest BCUT2D eigenvalue weighted by molar-refractivity contribution is 6.30. The average molecular weight is 421 g/mol. The minimum atomic E-state index is 0.708. The van der Waals surface area contributed by atoms with E-state index in [1.807, 2.05) is 66.8 Å². The van der Waals surface area contributed by atoms with E-state index in [9.17, 15) is 0 Å². The summed E-state index contributed by atoms with van der Waals surface area (Å²) in [6.45, 7) is 0. The molecule has 0 aliphatic carbocycles. The second-order valence-corrected chi connectivity index (χ2v) is 8.00. The number of aromatic amines is 2. The van der Waals surface area contributed by atoms with Crippen LogP contribution < -0.4 is 0 Å². The molecule has 5 heteroatoms. The molecule has 3 aromatic heterocycles. The number of aromatic nitrogens is 4. The van der Waals surface area contributed by atoms with Crippen LogP contribution in [-0.2, 0) is 0 Å². The van der Waals surface area contributed by atoms with Crippen LogP contribution in [0.15, 0.2) is 66.7 Å². The van der Waals surface area contributed by atoms with E-state index in [0.717, 1.165) is 56.0 Å². The molecule has 0 radical (unpaired) electrons. The van der Waals surface area contributed by atoms with Gasteiger partial charge in [0.1, 0.15) is 0 Å². The number of benzene rings is 1. The van der Waals surface area contributed by atoms with Gasteiger partial charge in [-0.25, -0.2) is 9.97 Å². The van der Waals surface area contributed by atoms with Crippen molar-refractivity contribution in [2.24, 2.45) is 0 Å². The fourth-order valence-corrected chi connectivity index (χ4v) is 4.05. The molecule has 0 unspecified atom stereocenters. The predicted octanol–water partition coefficient (Wildman–Crippen LogP) is 6.98. The quantitative estimate of drug-likeness (QED) is 0.301. The minimum absolute atomic E-state index is 0.708. The van der Waals surface area contributed by atoms with Gasteiger partial charge in [-0.15, -0.1) is 0 Å². The van der Waals surface area contributed by atoms with Gasteiger partial charge in [-0.3, -0.25) is 0 Å². The van der Waals surface area contributed by atoms with Crippen LogP contribution in [0.3, 0.4) is 0 Å². The summed E-state index contributed by atoms with van der Waals surface area (Å²) >= 11 is 6.14. The molecule has 0 spiro atoms. The lowest BCUT2D eigenvalue weighted by atomic mass is 10.0. The van der Waals surface area contributed by atoms with Gasteiger partial charge >= 0.3 is 0 Å². The van der Waals surface area contributed by atoms with Crippen molar-refractivity contribution >= 4 is 58.0 Å². The molecule has 31 heavy (non-hydrogen) atoms. The van der Waals surface area contributed by atoms with Gasteiger partial charge in [-0.1, -0.05) is 23.7 Å². The first kappa shape index (κ1) is 17.9. The van der Waals surface area contributed by atoms with Gasteiger partial charge in [0.05, 0.1) is 22.8 Å². The van der Waals surface area contributed by atoms with Crippen molar-refractivity contribution in [2.45, 2.75) is 0 Å². The van der Waals surface area contributed by atoms with Gasteiger partial charge in [0, 0.05) is 32.7 Å². The first-order chi connectivity index (χ1) is 15.2. The molecule has 2 N–H and O–H groups in total. The highest BCUT2D eigenvalue weighted by Crippen LogP contribution is 2.30. The lowest BCUT2D eigenvalue weighted by molar-refractivity contribution is 1.31. The van der Waals surface area contributed by atoms with Crippen LogP contribution in [0.2, 0.25) is 5.02 Å². The van der Waals surface area contributed by atoms with E-state index < -0.39 is 0 Å². The monoisotopic (exact) mass is 420 g/mol. The fourth-order valence-electron chi connectivity index (χ4n) is 3.93. The number of H-pyrrole nitrogens is 2. The third-order valence-corrected chi connectivity index (χ3v) is 5.60. The summed E-state index contributed by atoms with van der Waals surface area (Å²) in [5.41, 5.74) is 9.68. The zero-order chi connectivity index (χ0) is 20.8. The minimum Gasteiger partial charge on any atom is -0.355 e. The molecule has 0 saturated heterocycles. The zero-order valence-corrected chi connectivity index (χ0v) is 17.2. The molecule has 4 nitrogen and oxygen atoms in total.